The molecule has 1 aromatic heterocycles. The van der Waals surface area contributed by atoms with Crippen molar-refractivity contribution in [3.05, 3.63) is 66.2 Å². The minimum atomic E-state index is -0.317. The van der Waals surface area contributed by atoms with Crippen LogP contribution in [0, 0.1) is 5.82 Å². The predicted molar refractivity (Wildman–Crippen MR) is 105 cm³/mol. The van der Waals surface area contributed by atoms with Crippen molar-refractivity contribution in [3.63, 3.8) is 0 Å². The molecule has 0 bridgehead atoms. The fraction of sp³-hybridized carbons (Fsp3) is 0.111. The Hall–Kier alpha value is -1.87. The molecule has 2 aromatic carbocycles. The minimum Gasteiger partial charge on any atom is -0.306 e. The quantitative estimate of drug-likeness (QED) is 0.534. The van der Waals surface area contributed by atoms with Gasteiger partial charge in [-0.25, -0.2) is 7.29 Å². The van der Waals surface area contributed by atoms with Gasteiger partial charge in [-0.05, 0) is 23.8 Å². The van der Waals surface area contributed by atoms with Crippen molar-refractivity contribution in [1.29, 1.82) is 0 Å². The van der Waals surface area contributed by atoms with Crippen molar-refractivity contribution in [2.75, 3.05) is 10.7 Å². The lowest BCUT2D eigenvalue weighted by Gasteiger charge is -2.29. The van der Waals surface area contributed by atoms with E-state index in [0.29, 0.717) is 11.3 Å². The summed E-state index contributed by atoms with van der Waals surface area (Å²) >= 11 is 3.57. The third-order valence-corrected chi connectivity index (χ3v) is 5.65. The van der Waals surface area contributed by atoms with Gasteiger partial charge in [-0.2, -0.15) is 5.10 Å². The minimum absolute atomic E-state index is 0.00151. The van der Waals surface area contributed by atoms with Gasteiger partial charge in [0.1, 0.15) is 5.82 Å². The van der Waals surface area contributed by atoms with E-state index >= 15 is 0 Å². The molecule has 0 aliphatic carbocycles. The van der Waals surface area contributed by atoms with E-state index in [-0.39, 0.29) is 18.3 Å². The number of fused-ring (bicyclic) bond motifs is 1. The Bertz CT molecular complexity index is 959. The van der Waals surface area contributed by atoms with Crippen molar-refractivity contribution in [2.45, 2.75) is 11.4 Å². The number of rotatable bonds is 3. The van der Waals surface area contributed by atoms with E-state index in [1.807, 2.05) is 59.4 Å². The Kier molecular flexibility index (Phi) is 4.51. The molecule has 0 fully saturated rings. The standard InChI is InChI=1S/C18H13FIN3OS/c19-15-7-12(14-8-21-23(20)10-14)5-6-13(15)9-22-16-3-1-2-4-17(16)25-11-18(22)24/h1-8,10H,9,11H2. The zero-order chi connectivity index (χ0) is 17.4. The molecule has 0 atom stereocenters. The van der Waals surface area contributed by atoms with Crippen LogP contribution in [0.2, 0.25) is 0 Å². The average molecular weight is 465 g/mol. The van der Waals surface area contributed by atoms with E-state index in [9.17, 15) is 9.18 Å². The smallest absolute Gasteiger partial charge is 0.237 e. The van der Waals surface area contributed by atoms with E-state index in [2.05, 4.69) is 5.10 Å². The number of nitrogens with zero attached hydrogens (tertiary/aromatic N) is 3. The first-order valence-corrected chi connectivity index (χ1v) is 9.59. The summed E-state index contributed by atoms with van der Waals surface area (Å²) in [5.41, 5.74) is 2.97. The van der Waals surface area contributed by atoms with Crippen LogP contribution in [-0.4, -0.2) is 19.7 Å². The zero-order valence-corrected chi connectivity index (χ0v) is 16.0. The lowest BCUT2D eigenvalue weighted by molar-refractivity contribution is -0.116. The third-order valence-electron chi connectivity index (χ3n) is 4.08. The van der Waals surface area contributed by atoms with Gasteiger partial charge < -0.3 is 4.90 Å². The number of amides is 1. The number of hydrogen-bond acceptors (Lipinski definition) is 3. The molecular formula is C18H13FIN3OS. The molecule has 4 nitrogen and oxygen atoms in total. The van der Waals surface area contributed by atoms with Crippen LogP contribution in [0.5, 0.6) is 0 Å². The first-order chi connectivity index (χ1) is 12.1. The van der Waals surface area contributed by atoms with Crippen LogP contribution < -0.4 is 4.90 Å². The second-order valence-corrected chi connectivity index (χ2v) is 7.67. The number of para-hydroxylation sites is 1. The van der Waals surface area contributed by atoms with Gasteiger partial charge in [-0.15, -0.1) is 11.8 Å². The van der Waals surface area contributed by atoms with Gasteiger partial charge in [0, 0.05) is 22.2 Å². The molecule has 0 saturated heterocycles. The van der Waals surface area contributed by atoms with Gasteiger partial charge >= 0.3 is 0 Å². The van der Waals surface area contributed by atoms with Crippen LogP contribution in [0.3, 0.4) is 0 Å². The Morgan fingerprint density at radius 2 is 2.04 bits per heavy atom. The van der Waals surface area contributed by atoms with Gasteiger partial charge in [-0.3, -0.25) is 4.79 Å². The second kappa shape index (κ2) is 6.80. The fourth-order valence-electron chi connectivity index (χ4n) is 2.80. The molecular weight excluding hydrogens is 452 g/mol. The summed E-state index contributed by atoms with van der Waals surface area (Å²) < 4.78 is 16.3. The molecule has 1 aliphatic heterocycles. The SMILES string of the molecule is O=C1CSc2ccccc2N1Cc1ccc(-c2cnn(I)c2)cc1F. The molecule has 0 spiro atoms. The van der Waals surface area contributed by atoms with Crippen molar-refractivity contribution in [1.82, 2.24) is 7.99 Å². The normalized spacial score (nSPS) is 13.8. The summed E-state index contributed by atoms with van der Waals surface area (Å²) in [7, 11) is 0. The van der Waals surface area contributed by atoms with Gasteiger partial charge in [0.2, 0.25) is 5.91 Å². The monoisotopic (exact) mass is 465 g/mol. The Balaban J connectivity index is 1.64. The Labute approximate surface area is 162 Å². The molecule has 3 aromatic rings. The largest absolute Gasteiger partial charge is 0.306 e. The predicted octanol–water partition coefficient (Wildman–Crippen LogP) is 4.53. The first kappa shape index (κ1) is 16.6. The van der Waals surface area contributed by atoms with Crippen LogP contribution >= 0.6 is 34.6 Å². The highest BCUT2D eigenvalue weighted by Gasteiger charge is 2.25. The average Bonchev–Trinajstić information content (AvgIpc) is 3.05. The van der Waals surface area contributed by atoms with E-state index in [4.69, 9.17) is 0 Å². The highest BCUT2D eigenvalue weighted by Crippen LogP contribution is 2.36. The maximum atomic E-state index is 14.6. The number of benzene rings is 2. The number of anilines is 1. The third kappa shape index (κ3) is 3.30. The molecule has 0 N–H and O–H groups in total. The molecule has 25 heavy (non-hydrogen) atoms. The molecule has 2 heterocycles. The van der Waals surface area contributed by atoms with Gasteiger partial charge in [0.05, 0.1) is 47.0 Å². The fourth-order valence-corrected chi connectivity index (χ4v) is 4.16. The number of aromatic nitrogens is 2. The molecule has 1 amide bonds. The zero-order valence-electron chi connectivity index (χ0n) is 13.0. The number of carbonyl (C=O) groups is 1. The van der Waals surface area contributed by atoms with Crippen molar-refractivity contribution < 1.29 is 9.18 Å². The highest BCUT2D eigenvalue weighted by atomic mass is 127. The van der Waals surface area contributed by atoms with E-state index in [1.54, 1.807) is 20.1 Å². The number of hydrogen-bond donors (Lipinski definition) is 0. The first-order valence-electron chi connectivity index (χ1n) is 7.63. The van der Waals surface area contributed by atoms with Crippen molar-refractivity contribution in [2.24, 2.45) is 0 Å². The molecule has 7 heteroatoms. The molecule has 1 aliphatic rings. The van der Waals surface area contributed by atoms with Gasteiger partial charge in [0.25, 0.3) is 0 Å². The highest BCUT2D eigenvalue weighted by molar-refractivity contribution is 14.1. The summed E-state index contributed by atoms with van der Waals surface area (Å²) in [4.78, 5) is 15.0. The van der Waals surface area contributed by atoms with Crippen LogP contribution in [-0.2, 0) is 11.3 Å². The van der Waals surface area contributed by atoms with Crippen LogP contribution in [0.15, 0.2) is 59.8 Å². The second-order valence-electron chi connectivity index (χ2n) is 5.66. The number of halogens is 2. The van der Waals surface area contributed by atoms with Crippen LogP contribution in [0.1, 0.15) is 5.56 Å². The number of thioether (sulfide) groups is 1. The topological polar surface area (TPSA) is 38.1 Å². The molecule has 4 rings (SSSR count). The van der Waals surface area contributed by atoms with Gasteiger partial charge in [0.15, 0.2) is 0 Å². The van der Waals surface area contributed by atoms with Crippen LogP contribution in [0.25, 0.3) is 11.1 Å². The summed E-state index contributed by atoms with van der Waals surface area (Å²) in [5.74, 6) is 0.0616. The Morgan fingerprint density at radius 3 is 2.80 bits per heavy atom. The van der Waals surface area contributed by atoms with Crippen LogP contribution in [0.4, 0.5) is 10.1 Å². The summed E-state index contributed by atoms with van der Waals surface area (Å²) in [6, 6.07) is 12.8. The Morgan fingerprint density at radius 1 is 1.20 bits per heavy atom. The van der Waals surface area contributed by atoms with Crippen molar-refractivity contribution >= 4 is 46.2 Å². The molecule has 126 valence electrons. The van der Waals surface area contributed by atoms with Crippen molar-refractivity contribution in [3.8, 4) is 11.1 Å². The molecule has 0 saturated carbocycles. The van der Waals surface area contributed by atoms with Gasteiger partial charge in [-0.1, -0.05) is 24.3 Å². The lowest BCUT2D eigenvalue weighted by Crippen LogP contribution is -2.35. The number of carbonyl (C=O) groups excluding carboxylic acids is 1. The maximum Gasteiger partial charge on any atom is 0.237 e. The lowest BCUT2D eigenvalue weighted by atomic mass is 10.1. The van der Waals surface area contributed by atoms with E-state index in [0.717, 1.165) is 21.7 Å². The molecule has 0 unspecified atom stereocenters. The summed E-state index contributed by atoms with van der Waals surface area (Å²) in [5, 5.41) is 4.10. The molecule has 0 radical (unpaired) electrons. The maximum absolute atomic E-state index is 14.6. The summed E-state index contributed by atoms with van der Waals surface area (Å²) in [6.07, 6.45) is 3.53. The van der Waals surface area contributed by atoms with E-state index in [1.165, 1.54) is 17.8 Å². The van der Waals surface area contributed by atoms with E-state index < -0.39 is 0 Å². The summed E-state index contributed by atoms with van der Waals surface area (Å²) in [6.45, 7) is 0.230.